The molecule has 15 N–H and O–H groups in total. The number of carbonyl (C=O) groups excluding carboxylic acids is 9. The molecule has 1 aromatic rings. The van der Waals surface area contributed by atoms with Crippen molar-refractivity contribution >= 4 is 77.7 Å². The molecule has 3 fully saturated rings. The van der Waals surface area contributed by atoms with Gasteiger partial charge in [0.1, 0.15) is 54.1 Å². The van der Waals surface area contributed by atoms with Crippen LogP contribution in [0.5, 0.6) is 5.75 Å². The Morgan fingerprint density at radius 1 is 0.635 bits per heavy atom. The van der Waals surface area contributed by atoms with Crippen molar-refractivity contribution in [1.82, 2.24) is 46.6 Å². The molecule has 0 spiro atoms. The number of phenols is 1. The second kappa shape index (κ2) is 29.3. The summed E-state index contributed by atoms with van der Waals surface area (Å²) < 4.78 is 0. The van der Waals surface area contributed by atoms with E-state index in [-0.39, 0.29) is 76.2 Å². The predicted molar refractivity (Wildman–Crippen MR) is 262 cm³/mol. The zero-order valence-electron chi connectivity index (χ0n) is 40.8. The Morgan fingerprint density at radius 2 is 1.18 bits per heavy atom. The predicted octanol–water partition coefficient (Wildman–Crippen LogP) is -5.23. The normalized spacial score (nSPS) is 19.7. The zero-order valence-corrected chi connectivity index (χ0v) is 41.7. The quantitative estimate of drug-likeness (QED) is 0.0275. The average Bonchev–Trinajstić information content (AvgIpc) is 4.19. The van der Waals surface area contributed by atoms with Crippen molar-refractivity contribution in [3.8, 4) is 5.75 Å². The van der Waals surface area contributed by atoms with E-state index in [1.165, 1.54) is 39.0 Å². The number of carbonyl (C=O) groups is 11. The molecule has 3 aliphatic rings. The van der Waals surface area contributed by atoms with Gasteiger partial charge in [-0.3, -0.25) is 47.9 Å². The number of hydrogen-bond donors (Lipinski definition) is 14. The van der Waals surface area contributed by atoms with Crippen LogP contribution in [-0.4, -0.2) is 211 Å². The number of unbranched alkanes of at least 4 members (excludes halogenated alkanes) is 1. The summed E-state index contributed by atoms with van der Waals surface area (Å²) in [5, 5.41) is 62.1. The molecule has 0 radical (unpaired) electrons. The van der Waals surface area contributed by atoms with E-state index in [0.29, 0.717) is 37.7 Å². The highest BCUT2D eigenvalue weighted by Gasteiger charge is 2.44. The summed E-state index contributed by atoms with van der Waals surface area (Å²) in [5.74, 6) is -9.87. The van der Waals surface area contributed by atoms with E-state index in [1.807, 2.05) is 0 Å². The Labute approximate surface area is 431 Å². The van der Waals surface area contributed by atoms with Crippen molar-refractivity contribution in [2.24, 2.45) is 11.5 Å². The number of amides is 9. The van der Waals surface area contributed by atoms with Crippen LogP contribution in [-0.2, 0) is 59.2 Å². The lowest BCUT2D eigenvalue weighted by atomic mass is 10.0. The van der Waals surface area contributed by atoms with Crippen LogP contribution in [0.15, 0.2) is 24.3 Å². The number of nitrogens with two attached hydrogens (primary N) is 2. The van der Waals surface area contributed by atoms with E-state index >= 15 is 0 Å². The van der Waals surface area contributed by atoms with Gasteiger partial charge in [0, 0.05) is 38.2 Å². The number of carboxylic acid groups (broad SMARTS) is 2. The Balaban J connectivity index is 1.42. The van der Waals surface area contributed by atoms with E-state index in [1.54, 1.807) is 0 Å². The minimum Gasteiger partial charge on any atom is -0.508 e. The fraction of sp³-hybridized carbons (Fsp3) is 0.630. The Hall–Kier alpha value is -6.62. The molecule has 4 rings (SSSR count). The van der Waals surface area contributed by atoms with E-state index in [9.17, 15) is 73.2 Å². The third-order valence-electron chi connectivity index (χ3n) is 13.0. The van der Waals surface area contributed by atoms with E-state index in [0.717, 1.165) is 0 Å². The highest BCUT2D eigenvalue weighted by atomic mass is 32.1. The number of likely N-dealkylation sites (tertiary alicyclic amines) is 3. The summed E-state index contributed by atoms with van der Waals surface area (Å²) >= 11 is 4.26. The fourth-order valence-corrected chi connectivity index (χ4v) is 9.13. The van der Waals surface area contributed by atoms with Crippen molar-refractivity contribution in [2.45, 2.75) is 131 Å². The second-order valence-electron chi connectivity index (χ2n) is 18.2. The first kappa shape index (κ1) is 59.9. The molecule has 0 bridgehead atoms. The maximum Gasteiger partial charge on any atom is 0.328 e. The molecule has 1 aromatic carbocycles. The number of aliphatic hydroxyl groups is 2. The van der Waals surface area contributed by atoms with Crippen LogP contribution in [0.2, 0.25) is 0 Å². The molecule has 0 saturated carbocycles. The Morgan fingerprint density at radius 3 is 1.76 bits per heavy atom. The maximum absolute atomic E-state index is 14.2. The van der Waals surface area contributed by atoms with Crippen LogP contribution in [0.1, 0.15) is 76.2 Å². The van der Waals surface area contributed by atoms with Crippen LogP contribution in [0.25, 0.3) is 0 Å². The summed E-state index contributed by atoms with van der Waals surface area (Å²) in [6.07, 6.45) is 1.75. The van der Waals surface area contributed by atoms with Gasteiger partial charge in [-0.25, -0.2) is 4.79 Å². The number of rotatable bonds is 28. The molecule has 0 aliphatic carbocycles. The van der Waals surface area contributed by atoms with Gasteiger partial charge in [0.15, 0.2) is 0 Å². The van der Waals surface area contributed by atoms with Crippen molar-refractivity contribution in [3.05, 3.63) is 29.8 Å². The van der Waals surface area contributed by atoms with Gasteiger partial charge >= 0.3 is 11.9 Å². The third kappa shape index (κ3) is 17.0. The molecule has 9 atom stereocenters. The van der Waals surface area contributed by atoms with Crippen molar-refractivity contribution in [3.63, 3.8) is 0 Å². The number of aromatic hydroxyl groups is 1. The lowest BCUT2D eigenvalue weighted by Crippen LogP contribution is -2.59. The van der Waals surface area contributed by atoms with Gasteiger partial charge in [0.05, 0.1) is 25.8 Å². The SMILES string of the molecule is NCCCC[C@H](NC(=O)[C@H](CO)NC(=O)[C@@H](N)CCC(=O)O)C(=O)N[C@@H](Cc1ccc(O)cc1)C(=O)NCC(=O)N1CCC[C@H]1C(=O)N1CCC[C@H]1C(=O)N[C@@H](CS)C(=O)N1CCC[C@H]1C(=O)N[C@@H](CO)C(=O)O. The third-order valence-corrected chi connectivity index (χ3v) is 13.3. The van der Waals surface area contributed by atoms with E-state index < -0.39 is 146 Å². The standard InChI is InChI=1S/C46H69N11O16S/c47-16-2-1-6-28(50-41(67)30(22-58)52-38(64)27(48)14-15-37(62)63)40(66)51-29(20-25-10-12-26(60)13-11-25)39(65)49-21-36(61)55-17-5-9-35(55)45(71)57-19-4-8-34(57)43(69)54-32(24-74)44(70)56-18-3-7-33(56)42(68)53-31(23-59)46(72)73/h10-13,27-35,58-60,74H,1-9,14-24,47-48H2,(H,49,65)(H,50,67)(H,51,66)(H,52,64)(H,53,68)(H,54,69)(H,62,63)(H,72,73)/t27-,28-,29-,30-,31-,32-,33-,34-,35-/m0/s1. The lowest BCUT2D eigenvalue weighted by molar-refractivity contribution is -0.147. The van der Waals surface area contributed by atoms with Gasteiger partial charge in [-0.1, -0.05) is 12.1 Å². The number of aliphatic hydroxyl groups excluding tert-OH is 2. The first-order valence-corrected chi connectivity index (χ1v) is 25.1. The van der Waals surface area contributed by atoms with Gasteiger partial charge in [-0.05, 0) is 88.4 Å². The van der Waals surface area contributed by atoms with Crippen LogP contribution in [0, 0.1) is 0 Å². The fourth-order valence-electron chi connectivity index (χ4n) is 8.88. The Bertz CT molecular complexity index is 2190. The molecular weight excluding hydrogens is 995 g/mol. The summed E-state index contributed by atoms with van der Waals surface area (Å²) in [4.78, 5) is 148. The molecule has 27 nitrogen and oxygen atoms in total. The number of thiol groups is 1. The summed E-state index contributed by atoms with van der Waals surface area (Å²) in [6, 6.07) is -5.92. The largest absolute Gasteiger partial charge is 0.508 e. The molecule has 74 heavy (non-hydrogen) atoms. The van der Waals surface area contributed by atoms with Crippen LogP contribution < -0.4 is 43.4 Å². The Kier molecular flexibility index (Phi) is 23.7. The smallest absolute Gasteiger partial charge is 0.328 e. The first-order chi connectivity index (χ1) is 35.2. The number of hydrogen-bond acceptors (Lipinski definition) is 17. The monoisotopic (exact) mass is 1060 g/mol. The summed E-state index contributed by atoms with van der Waals surface area (Å²) in [6.45, 7) is -1.77. The number of phenolic OH excluding ortho intramolecular Hbond substituents is 1. The minimum absolute atomic E-state index is 0.00736. The van der Waals surface area contributed by atoms with Gasteiger partial charge in [-0.15, -0.1) is 0 Å². The molecule has 0 aromatic heterocycles. The molecule has 9 amide bonds. The number of carboxylic acids is 2. The number of nitrogens with zero attached hydrogens (tertiary/aromatic N) is 3. The van der Waals surface area contributed by atoms with Crippen LogP contribution in [0.3, 0.4) is 0 Å². The molecule has 3 aliphatic heterocycles. The molecule has 3 heterocycles. The molecule has 3 saturated heterocycles. The molecular formula is C46H69N11O16S. The highest BCUT2D eigenvalue weighted by molar-refractivity contribution is 7.80. The zero-order chi connectivity index (χ0) is 54.6. The number of benzene rings is 1. The van der Waals surface area contributed by atoms with Crippen molar-refractivity contribution in [1.29, 1.82) is 0 Å². The van der Waals surface area contributed by atoms with Crippen molar-refractivity contribution < 1.29 is 78.3 Å². The van der Waals surface area contributed by atoms with Gasteiger partial charge in [0.2, 0.25) is 53.2 Å². The first-order valence-electron chi connectivity index (χ1n) is 24.5. The summed E-state index contributed by atoms with van der Waals surface area (Å²) in [7, 11) is 0. The molecule has 0 unspecified atom stereocenters. The lowest BCUT2D eigenvalue weighted by Gasteiger charge is -2.32. The van der Waals surface area contributed by atoms with Crippen molar-refractivity contribution in [2.75, 3.05) is 51.7 Å². The van der Waals surface area contributed by atoms with Gasteiger partial charge < -0.3 is 83.6 Å². The molecule has 28 heteroatoms. The number of aliphatic carboxylic acids is 2. The molecule has 410 valence electrons. The minimum atomic E-state index is -1.60. The second-order valence-corrected chi connectivity index (χ2v) is 18.6. The van der Waals surface area contributed by atoms with Gasteiger partial charge in [-0.2, -0.15) is 12.6 Å². The van der Waals surface area contributed by atoms with E-state index in [4.69, 9.17) is 16.6 Å². The maximum atomic E-state index is 14.2. The number of nitrogens with one attached hydrogen (secondary N) is 6. The summed E-state index contributed by atoms with van der Waals surface area (Å²) in [5.41, 5.74) is 11.9. The van der Waals surface area contributed by atoms with E-state index in [2.05, 4.69) is 44.5 Å². The average molecular weight is 1060 g/mol. The topological polar surface area (TPSA) is 423 Å². The van der Waals surface area contributed by atoms with Gasteiger partial charge in [0.25, 0.3) is 0 Å². The van der Waals surface area contributed by atoms with Crippen LogP contribution in [0.4, 0.5) is 0 Å². The highest BCUT2D eigenvalue weighted by Crippen LogP contribution is 2.26. The van der Waals surface area contributed by atoms with Crippen LogP contribution >= 0.6 is 12.6 Å².